The van der Waals surface area contributed by atoms with Crippen LogP contribution in [0.5, 0.6) is 0 Å². The van der Waals surface area contributed by atoms with Crippen LogP contribution in [0.15, 0.2) is 0 Å². The van der Waals surface area contributed by atoms with Crippen LogP contribution in [0.25, 0.3) is 0 Å². The fourth-order valence-corrected chi connectivity index (χ4v) is 2.34. The lowest BCUT2D eigenvalue weighted by Crippen LogP contribution is -2.31. The van der Waals surface area contributed by atoms with E-state index >= 15 is 0 Å². The number of nitrogens with one attached hydrogen (secondary N) is 1. The maximum atomic E-state index is 8.61. The first-order valence-electron chi connectivity index (χ1n) is 5.27. The quantitative estimate of drug-likeness (QED) is 0.564. The van der Waals surface area contributed by atoms with E-state index < -0.39 is 0 Å². The van der Waals surface area contributed by atoms with Gasteiger partial charge in [-0.15, -0.1) is 0 Å². The molecule has 0 aromatic heterocycles. The number of hydrogen-bond acceptors (Lipinski definition) is 3. The van der Waals surface area contributed by atoms with Crippen LogP contribution >= 0.6 is 11.8 Å². The molecule has 1 atom stereocenters. The van der Waals surface area contributed by atoms with Gasteiger partial charge in [0.1, 0.15) is 0 Å². The smallest absolute Gasteiger partial charge is 0.0438 e. The number of rotatable bonds is 9. The Morgan fingerprint density at radius 2 is 2.15 bits per heavy atom. The number of aliphatic hydroxyl groups is 1. The third kappa shape index (κ3) is 8.60. The first-order chi connectivity index (χ1) is 6.35. The summed E-state index contributed by atoms with van der Waals surface area (Å²) in [7, 11) is 0. The van der Waals surface area contributed by atoms with Gasteiger partial charge in [0.05, 0.1) is 0 Å². The Morgan fingerprint density at radius 3 is 2.69 bits per heavy atom. The molecule has 0 rings (SSSR count). The van der Waals surface area contributed by atoms with Crippen molar-refractivity contribution < 1.29 is 5.11 Å². The second-order valence-corrected chi connectivity index (χ2v) is 4.35. The van der Waals surface area contributed by atoms with Crippen molar-refractivity contribution >= 4 is 11.8 Å². The van der Waals surface area contributed by atoms with Crippen LogP contribution in [-0.4, -0.2) is 35.8 Å². The highest BCUT2D eigenvalue weighted by atomic mass is 32.2. The highest BCUT2D eigenvalue weighted by Gasteiger charge is 2.04. The molecule has 80 valence electrons. The average Bonchev–Trinajstić information content (AvgIpc) is 2.13. The molecule has 2 nitrogen and oxygen atoms in total. The zero-order valence-corrected chi connectivity index (χ0v) is 9.70. The first kappa shape index (κ1) is 13.3. The lowest BCUT2D eigenvalue weighted by molar-refractivity contribution is 0.296. The third-order valence-electron chi connectivity index (χ3n) is 1.90. The summed E-state index contributed by atoms with van der Waals surface area (Å²) in [5.41, 5.74) is 0. The summed E-state index contributed by atoms with van der Waals surface area (Å²) in [6.07, 6.45) is 3.44. The molecule has 0 aliphatic heterocycles. The topological polar surface area (TPSA) is 32.3 Å². The van der Waals surface area contributed by atoms with Crippen molar-refractivity contribution in [2.75, 3.05) is 24.7 Å². The molecule has 0 radical (unpaired) electrons. The zero-order valence-electron chi connectivity index (χ0n) is 8.88. The maximum absolute atomic E-state index is 8.61. The molecule has 0 spiro atoms. The van der Waals surface area contributed by atoms with Crippen LogP contribution in [0, 0.1) is 0 Å². The molecule has 0 saturated heterocycles. The molecule has 0 aromatic carbocycles. The van der Waals surface area contributed by atoms with Crippen molar-refractivity contribution in [2.24, 2.45) is 0 Å². The van der Waals surface area contributed by atoms with Crippen molar-refractivity contribution in [3.63, 3.8) is 0 Å². The average molecular weight is 205 g/mol. The van der Waals surface area contributed by atoms with Gasteiger partial charge in [-0.25, -0.2) is 0 Å². The summed E-state index contributed by atoms with van der Waals surface area (Å²) in [6.45, 7) is 5.77. The summed E-state index contributed by atoms with van der Waals surface area (Å²) in [5, 5.41) is 12.1. The van der Waals surface area contributed by atoms with E-state index in [9.17, 15) is 0 Å². The minimum Gasteiger partial charge on any atom is -0.396 e. The largest absolute Gasteiger partial charge is 0.396 e. The van der Waals surface area contributed by atoms with Crippen molar-refractivity contribution in [1.29, 1.82) is 0 Å². The zero-order chi connectivity index (χ0) is 9.94. The molecule has 2 N–H and O–H groups in total. The fourth-order valence-electron chi connectivity index (χ4n) is 1.27. The normalized spacial score (nSPS) is 13.2. The summed E-state index contributed by atoms with van der Waals surface area (Å²) in [6, 6.07) is 0.665. The van der Waals surface area contributed by atoms with Gasteiger partial charge in [0, 0.05) is 18.4 Å². The van der Waals surface area contributed by atoms with E-state index in [1.54, 1.807) is 0 Å². The van der Waals surface area contributed by atoms with Crippen molar-refractivity contribution in [3.05, 3.63) is 0 Å². The predicted molar refractivity (Wildman–Crippen MR) is 61.4 cm³/mol. The van der Waals surface area contributed by atoms with Gasteiger partial charge in [-0.1, -0.05) is 20.3 Å². The lowest BCUT2D eigenvalue weighted by atomic mass is 10.2. The number of thioether (sulfide) groups is 1. The van der Waals surface area contributed by atoms with Gasteiger partial charge in [0.15, 0.2) is 0 Å². The van der Waals surface area contributed by atoms with E-state index in [0.717, 1.165) is 18.7 Å². The Hall–Kier alpha value is 0.270. The molecule has 0 saturated carbocycles. The van der Waals surface area contributed by atoms with Crippen LogP contribution in [-0.2, 0) is 0 Å². The van der Waals surface area contributed by atoms with Gasteiger partial charge in [-0.05, 0) is 25.1 Å². The van der Waals surface area contributed by atoms with Gasteiger partial charge < -0.3 is 10.4 Å². The molecule has 0 bridgehead atoms. The Balaban J connectivity index is 3.33. The SMILES string of the molecule is CCCC(CSCCCO)NCC. The van der Waals surface area contributed by atoms with Crippen LogP contribution < -0.4 is 5.32 Å². The fraction of sp³-hybridized carbons (Fsp3) is 1.00. The van der Waals surface area contributed by atoms with E-state index in [1.165, 1.54) is 18.6 Å². The Morgan fingerprint density at radius 1 is 1.38 bits per heavy atom. The van der Waals surface area contributed by atoms with Gasteiger partial charge in [-0.2, -0.15) is 11.8 Å². The molecular weight excluding hydrogens is 182 g/mol. The molecule has 13 heavy (non-hydrogen) atoms. The summed E-state index contributed by atoms with van der Waals surface area (Å²) in [5.74, 6) is 2.27. The van der Waals surface area contributed by atoms with E-state index in [2.05, 4.69) is 19.2 Å². The van der Waals surface area contributed by atoms with Crippen LogP contribution in [0.3, 0.4) is 0 Å². The molecule has 1 unspecified atom stereocenters. The Bertz CT molecular complexity index is 94.9. The van der Waals surface area contributed by atoms with E-state index in [4.69, 9.17) is 5.11 Å². The molecule has 0 aliphatic carbocycles. The number of aliphatic hydroxyl groups excluding tert-OH is 1. The van der Waals surface area contributed by atoms with Crippen molar-refractivity contribution in [2.45, 2.75) is 39.2 Å². The van der Waals surface area contributed by atoms with Gasteiger partial charge >= 0.3 is 0 Å². The van der Waals surface area contributed by atoms with E-state index in [1.807, 2.05) is 11.8 Å². The maximum Gasteiger partial charge on any atom is 0.0438 e. The van der Waals surface area contributed by atoms with Crippen molar-refractivity contribution in [1.82, 2.24) is 5.32 Å². The second kappa shape index (κ2) is 10.4. The Labute approximate surface area is 86.5 Å². The minimum absolute atomic E-state index is 0.326. The predicted octanol–water partition coefficient (Wildman–Crippen LogP) is 1.88. The summed E-state index contributed by atoms with van der Waals surface area (Å²) < 4.78 is 0. The molecule has 3 heteroatoms. The van der Waals surface area contributed by atoms with Crippen LogP contribution in [0.1, 0.15) is 33.1 Å². The summed E-state index contributed by atoms with van der Waals surface area (Å²) >= 11 is 1.94. The van der Waals surface area contributed by atoms with E-state index in [0.29, 0.717) is 12.6 Å². The molecule has 0 aromatic rings. The third-order valence-corrected chi connectivity index (χ3v) is 3.11. The second-order valence-electron chi connectivity index (χ2n) is 3.20. The van der Waals surface area contributed by atoms with Crippen molar-refractivity contribution in [3.8, 4) is 0 Å². The van der Waals surface area contributed by atoms with Crippen LogP contribution in [0.2, 0.25) is 0 Å². The van der Waals surface area contributed by atoms with E-state index in [-0.39, 0.29) is 0 Å². The molecule has 0 heterocycles. The Kier molecular flexibility index (Phi) is 10.6. The molecule has 0 fully saturated rings. The lowest BCUT2D eigenvalue weighted by Gasteiger charge is -2.16. The monoisotopic (exact) mass is 205 g/mol. The molecular formula is C10H23NOS. The summed E-state index contributed by atoms with van der Waals surface area (Å²) in [4.78, 5) is 0. The molecule has 0 amide bonds. The minimum atomic E-state index is 0.326. The van der Waals surface area contributed by atoms with Gasteiger partial charge in [0.25, 0.3) is 0 Å². The highest BCUT2D eigenvalue weighted by Crippen LogP contribution is 2.08. The number of hydrogen-bond donors (Lipinski definition) is 2. The van der Waals surface area contributed by atoms with Crippen LogP contribution in [0.4, 0.5) is 0 Å². The standard InChI is InChI=1S/C10H23NOS/c1-3-6-10(11-4-2)9-13-8-5-7-12/h10-12H,3-9H2,1-2H3. The van der Waals surface area contributed by atoms with Gasteiger partial charge in [-0.3, -0.25) is 0 Å². The van der Waals surface area contributed by atoms with Gasteiger partial charge in [0.2, 0.25) is 0 Å². The first-order valence-corrected chi connectivity index (χ1v) is 6.42. The highest BCUT2D eigenvalue weighted by molar-refractivity contribution is 7.99. The molecule has 0 aliphatic rings.